The van der Waals surface area contributed by atoms with E-state index in [0.717, 1.165) is 35.7 Å². The van der Waals surface area contributed by atoms with Crippen LogP contribution in [0.2, 0.25) is 0 Å². The monoisotopic (exact) mass is 350 g/mol. The molecule has 134 valence electrons. The summed E-state index contributed by atoms with van der Waals surface area (Å²) < 4.78 is 13.1. The summed E-state index contributed by atoms with van der Waals surface area (Å²) in [5.74, 6) is 1.22. The Bertz CT molecular complexity index is 830. The highest BCUT2D eigenvalue weighted by atomic mass is 19.1. The van der Waals surface area contributed by atoms with Crippen molar-refractivity contribution in [1.82, 2.24) is 9.97 Å². The van der Waals surface area contributed by atoms with Crippen LogP contribution in [0.25, 0.3) is 11.3 Å². The van der Waals surface area contributed by atoms with E-state index in [-0.39, 0.29) is 5.82 Å². The molecular weight excluding hydrogens is 327 g/mol. The molecule has 0 unspecified atom stereocenters. The van der Waals surface area contributed by atoms with Crippen molar-refractivity contribution < 1.29 is 4.39 Å². The molecule has 0 bridgehead atoms. The van der Waals surface area contributed by atoms with E-state index in [2.05, 4.69) is 34.0 Å². The van der Waals surface area contributed by atoms with Crippen LogP contribution in [0.15, 0.2) is 60.7 Å². The van der Waals surface area contributed by atoms with Gasteiger partial charge in [-0.25, -0.2) is 9.37 Å². The number of nitrogens with zero attached hydrogens (tertiary/aromatic N) is 3. The predicted molar refractivity (Wildman–Crippen MR) is 105 cm³/mol. The zero-order valence-electron chi connectivity index (χ0n) is 15.1. The van der Waals surface area contributed by atoms with Crippen LogP contribution in [-0.4, -0.2) is 23.1 Å². The molecule has 3 rings (SSSR count). The summed E-state index contributed by atoms with van der Waals surface area (Å²) in [7, 11) is 0. The lowest BCUT2D eigenvalue weighted by molar-refractivity contribution is 0.627. The normalized spacial score (nSPS) is 10.6. The average molecular weight is 350 g/mol. The smallest absolute Gasteiger partial charge is 0.225 e. The van der Waals surface area contributed by atoms with Crippen molar-refractivity contribution in [1.29, 1.82) is 0 Å². The molecule has 2 aromatic carbocycles. The van der Waals surface area contributed by atoms with Gasteiger partial charge in [-0.15, -0.1) is 0 Å². The van der Waals surface area contributed by atoms with Crippen LogP contribution in [0, 0.1) is 5.82 Å². The van der Waals surface area contributed by atoms with E-state index in [0.29, 0.717) is 12.5 Å². The molecule has 1 N–H and O–H groups in total. The highest BCUT2D eigenvalue weighted by Gasteiger charge is 2.10. The van der Waals surface area contributed by atoms with Gasteiger partial charge in [-0.05, 0) is 31.5 Å². The first-order valence-corrected chi connectivity index (χ1v) is 8.87. The third kappa shape index (κ3) is 4.36. The van der Waals surface area contributed by atoms with Crippen LogP contribution < -0.4 is 10.2 Å². The Morgan fingerprint density at radius 1 is 0.923 bits per heavy atom. The molecule has 1 aromatic heterocycles. The number of anilines is 2. The quantitative estimate of drug-likeness (QED) is 0.668. The van der Waals surface area contributed by atoms with Gasteiger partial charge in [0.1, 0.15) is 11.6 Å². The van der Waals surface area contributed by atoms with E-state index in [1.807, 2.05) is 36.4 Å². The maximum absolute atomic E-state index is 13.1. The summed E-state index contributed by atoms with van der Waals surface area (Å²) in [5.41, 5.74) is 2.90. The Morgan fingerprint density at radius 2 is 1.62 bits per heavy atom. The first-order chi connectivity index (χ1) is 12.7. The van der Waals surface area contributed by atoms with Crippen molar-refractivity contribution >= 4 is 11.8 Å². The second-order valence-electron chi connectivity index (χ2n) is 5.95. The molecule has 4 nitrogen and oxygen atoms in total. The lowest BCUT2D eigenvalue weighted by Crippen LogP contribution is -2.23. The lowest BCUT2D eigenvalue weighted by Gasteiger charge is -2.21. The Balaban J connectivity index is 1.90. The minimum Gasteiger partial charge on any atom is -0.357 e. The van der Waals surface area contributed by atoms with Gasteiger partial charge in [0.25, 0.3) is 0 Å². The standard InChI is InChI=1S/C21H23FN4/c1-3-26(4-2)20-14-19(17-8-6-5-7-9-17)24-21(25-20)23-15-16-10-12-18(22)13-11-16/h5-14H,3-4,15H2,1-2H3,(H,23,24,25). The second-order valence-corrected chi connectivity index (χ2v) is 5.95. The highest BCUT2D eigenvalue weighted by Crippen LogP contribution is 2.23. The largest absolute Gasteiger partial charge is 0.357 e. The molecule has 5 heteroatoms. The number of halogens is 1. The number of hydrogen-bond acceptors (Lipinski definition) is 4. The van der Waals surface area contributed by atoms with Gasteiger partial charge in [-0.3, -0.25) is 0 Å². The van der Waals surface area contributed by atoms with Crippen molar-refractivity contribution in [2.24, 2.45) is 0 Å². The van der Waals surface area contributed by atoms with E-state index in [1.165, 1.54) is 12.1 Å². The predicted octanol–water partition coefficient (Wildman–Crippen LogP) is 4.74. The van der Waals surface area contributed by atoms with E-state index < -0.39 is 0 Å². The topological polar surface area (TPSA) is 41.1 Å². The van der Waals surface area contributed by atoms with Gasteiger partial charge in [-0.2, -0.15) is 4.98 Å². The van der Waals surface area contributed by atoms with Crippen molar-refractivity contribution in [3.05, 3.63) is 72.0 Å². The van der Waals surface area contributed by atoms with E-state index >= 15 is 0 Å². The summed E-state index contributed by atoms with van der Waals surface area (Å²) >= 11 is 0. The summed E-state index contributed by atoms with van der Waals surface area (Å²) in [6.07, 6.45) is 0. The van der Waals surface area contributed by atoms with Crippen molar-refractivity contribution in [3.8, 4) is 11.3 Å². The van der Waals surface area contributed by atoms with Crippen LogP contribution in [0.4, 0.5) is 16.2 Å². The summed E-state index contributed by atoms with van der Waals surface area (Å²) in [4.78, 5) is 11.5. The van der Waals surface area contributed by atoms with Gasteiger partial charge in [0, 0.05) is 31.3 Å². The number of nitrogens with one attached hydrogen (secondary N) is 1. The third-order valence-electron chi connectivity index (χ3n) is 4.23. The average Bonchev–Trinajstić information content (AvgIpc) is 2.69. The van der Waals surface area contributed by atoms with Gasteiger partial charge in [-0.1, -0.05) is 42.5 Å². The molecule has 0 saturated heterocycles. The number of aromatic nitrogens is 2. The molecule has 0 amide bonds. The molecule has 0 fully saturated rings. The SMILES string of the molecule is CCN(CC)c1cc(-c2ccccc2)nc(NCc2ccc(F)cc2)n1. The fourth-order valence-electron chi connectivity index (χ4n) is 2.76. The minimum atomic E-state index is -0.236. The molecular formula is C21H23FN4. The summed E-state index contributed by atoms with van der Waals surface area (Å²) in [5, 5.41) is 3.26. The number of hydrogen-bond donors (Lipinski definition) is 1. The lowest BCUT2D eigenvalue weighted by atomic mass is 10.1. The molecule has 0 aliphatic rings. The Morgan fingerprint density at radius 3 is 2.27 bits per heavy atom. The first kappa shape index (κ1) is 17.9. The van der Waals surface area contributed by atoms with Crippen molar-refractivity contribution in [3.63, 3.8) is 0 Å². The van der Waals surface area contributed by atoms with Gasteiger partial charge >= 0.3 is 0 Å². The summed E-state index contributed by atoms with van der Waals surface area (Å²) in [6.45, 7) is 6.51. The van der Waals surface area contributed by atoms with Gasteiger partial charge in [0.05, 0.1) is 5.69 Å². The zero-order chi connectivity index (χ0) is 18.4. The zero-order valence-corrected chi connectivity index (χ0v) is 15.1. The molecule has 0 spiro atoms. The maximum atomic E-state index is 13.1. The molecule has 0 radical (unpaired) electrons. The maximum Gasteiger partial charge on any atom is 0.225 e. The van der Waals surface area contributed by atoms with Crippen LogP contribution in [-0.2, 0) is 6.54 Å². The fraction of sp³-hybridized carbons (Fsp3) is 0.238. The fourth-order valence-corrected chi connectivity index (χ4v) is 2.76. The third-order valence-corrected chi connectivity index (χ3v) is 4.23. The van der Waals surface area contributed by atoms with Crippen molar-refractivity contribution in [2.45, 2.75) is 20.4 Å². The minimum absolute atomic E-state index is 0.236. The van der Waals surface area contributed by atoms with Gasteiger partial charge in [0.15, 0.2) is 0 Å². The van der Waals surface area contributed by atoms with E-state index in [1.54, 1.807) is 12.1 Å². The summed E-state index contributed by atoms with van der Waals surface area (Å²) in [6, 6.07) is 18.5. The molecule has 0 atom stereocenters. The van der Waals surface area contributed by atoms with E-state index in [4.69, 9.17) is 0 Å². The van der Waals surface area contributed by atoms with Crippen LogP contribution in [0.3, 0.4) is 0 Å². The van der Waals surface area contributed by atoms with Crippen LogP contribution in [0.5, 0.6) is 0 Å². The van der Waals surface area contributed by atoms with Crippen LogP contribution >= 0.6 is 0 Å². The Hall–Kier alpha value is -2.95. The molecule has 0 aliphatic heterocycles. The molecule has 3 aromatic rings. The number of benzene rings is 2. The first-order valence-electron chi connectivity index (χ1n) is 8.87. The molecule has 1 heterocycles. The molecule has 0 saturated carbocycles. The number of rotatable bonds is 7. The second kappa shape index (κ2) is 8.43. The van der Waals surface area contributed by atoms with Gasteiger partial charge < -0.3 is 10.2 Å². The Kier molecular flexibility index (Phi) is 5.79. The molecule has 26 heavy (non-hydrogen) atoms. The highest BCUT2D eigenvalue weighted by molar-refractivity contribution is 5.64. The van der Waals surface area contributed by atoms with Crippen molar-refractivity contribution in [2.75, 3.05) is 23.3 Å². The molecule has 0 aliphatic carbocycles. The van der Waals surface area contributed by atoms with Gasteiger partial charge in [0.2, 0.25) is 5.95 Å². The van der Waals surface area contributed by atoms with E-state index in [9.17, 15) is 4.39 Å². The van der Waals surface area contributed by atoms with Crippen LogP contribution in [0.1, 0.15) is 19.4 Å². The Labute approximate surface area is 153 Å².